The average molecular weight is 422 g/mol. The lowest BCUT2D eigenvalue weighted by atomic mass is 10.2. The van der Waals surface area contributed by atoms with E-state index in [4.69, 9.17) is 16.3 Å². The first kappa shape index (κ1) is 20.6. The molecule has 0 aromatic heterocycles. The second-order valence-corrected chi connectivity index (χ2v) is 7.76. The number of nitro benzene ring substituents is 1. The Hall–Kier alpha value is -2.13. The zero-order valence-electron chi connectivity index (χ0n) is 15.1. The summed E-state index contributed by atoms with van der Waals surface area (Å²) in [6, 6.07) is 11.6. The number of nitro groups is 1. The van der Waals surface area contributed by atoms with E-state index in [9.17, 15) is 14.9 Å². The van der Waals surface area contributed by atoms with Gasteiger partial charge in [0.1, 0.15) is 0 Å². The number of nitrogens with zero attached hydrogens (tertiary/aromatic N) is 2. The maximum atomic E-state index is 12.4. The molecule has 0 saturated carbocycles. The van der Waals surface area contributed by atoms with E-state index in [2.05, 4.69) is 10.2 Å². The van der Waals surface area contributed by atoms with Crippen LogP contribution in [0.3, 0.4) is 0 Å². The highest BCUT2D eigenvalue weighted by Gasteiger charge is 2.19. The van der Waals surface area contributed by atoms with Gasteiger partial charge >= 0.3 is 0 Å². The van der Waals surface area contributed by atoms with Gasteiger partial charge in [-0.05, 0) is 30.3 Å². The van der Waals surface area contributed by atoms with Gasteiger partial charge in [0, 0.05) is 47.7 Å². The van der Waals surface area contributed by atoms with E-state index in [-0.39, 0.29) is 17.2 Å². The van der Waals surface area contributed by atoms with Gasteiger partial charge in [0.15, 0.2) is 0 Å². The Balaban J connectivity index is 1.65. The number of halogens is 1. The van der Waals surface area contributed by atoms with Crippen molar-refractivity contribution in [2.75, 3.05) is 39.4 Å². The van der Waals surface area contributed by atoms with Crippen LogP contribution in [0.4, 0.5) is 5.69 Å². The number of rotatable bonds is 7. The molecule has 1 aliphatic heterocycles. The Kier molecular flexibility index (Phi) is 7.27. The van der Waals surface area contributed by atoms with Crippen LogP contribution in [-0.4, -0.2) is 55.1 Å². The SMILES string of the molecule is O=C(NCCN1CCOCC1)c1ccc(Sc2cccc(Cl)c2)c([N+](=O)[O-])c1. The highest BCUT2D eigenvalue weighted by molar-refractivity contribution is 7.99. The third-order valence-electron chi connectivity index (χ3n) is 4.26. The molecule has 0 bridgehead atoms. The first-order valence-corrected chi connectivity index (χ1v) is 10.0. The van der Waals surface area contributed by atoms with E-state index < -0.39 is 4.92 Å². The number of morpholine rings is 1. The van der Waals surface area contributed by atoms with E-state index in [0.717, 1.165) is 24.5 Å². The van der Waals surface area contributed by atoms with Crippen LogP contribution in [0, 0.1) is 10.1 Å². The van der Waals surface area contributed by atoms with E-state index in [0.29, 0.717) is 29.7 Å². The summed E-state index contributed by atoms with van der Waals surface area (Å²) in [6.45, 7) is 4.29. The lowest BCUT2D eigenvalue weighted by molar-refractivity contribution is -0.387. The molecule has 3 rings (SSSR count). The molecule has 28 heavy (non-hydrogen) atoms. The molecule has 0 unspecified atom stereocenters. The average Bonchev–Trinajstić information content (AvgIpc) is 2.69. The number of amides is 1. The van der Waals surface area contributed by atoms with Gasteiger partial charge in [-0.1, -0.05) is 29.4 Å². The molecule has 1 aliphatic rings. The first-order valence-electron chi connectivity index (χ1n) is 8.83. The predicted molar refractivity (Wildman–Crippen MR) is 108 cm³/mol. The number of carbonyl (C=O) groups excluding carboxylic acids is 1. The highest BCUT2D eigenvalue weighted by atomic mass is 35.5. The van der Waals surface area contributed by atoms with E-state index in [1.807, 2.05) is 6.07 Å². The molecule has 0 aliphatic carbocycles. The van der Waals surface area contributed by atoms with Crippen molar-refractivity contribution in [3.05, 3.63) is 63.2 Å². The molecule has 0 radical (unpaired) electrons. The van der Waals surface area contributed by atoms with Gasteiger partial charge in [0.25, 0.3) is 11.6 Å². The Morgan fingerprint density at radius 2 is 2.04 bits per heavy atom. The maximum Gasteiger partial charge on any atom is 0.284 e. The van der Waals surface area contributed by atoms with Crippen LogP contribution in [-0.2, 0) is 4.74 Å². The summed E-state index contributed by atoms with van der Waals surface area (Å²) in [5, 5.41) is 14.9. The fourth-order valence-electron chi connectivity index (χ4n) is 2.80. The van der Waals surface area contributed by atoms with E-state index in [1.165, 1.54) is 17.8 Å². The number of hydrogen-bond donors (Lipinski definition) is 1. The molecule has 148 valence electrons. The molecule has 1 N–H and O–H groups in total. The summed E-state index contributed by atoms with van der Waals surface area (Å²) >= 11 is 7.21. The summed E-state index contributed by atoms with van der Waals surface area (Å²) in [7, 11) is 0. The normalized spacial score (nSPS) is 14.6. The molecule has 0 spiro atoms. The largest absolute Gasteiger partial charge is 0.379 e. The monoisotopic (exact) mass is 421 g/mol. The molecule has 7 nitrogen and oxygen atoms in total. The van der Waals surface area contributed by atoms with Crippen molar-refractivity contribution in [2.45, 2.75) is 9.79 Å². The Bertz CT molecular complexity index is 859. The number of carbonyl (C=O) groups is 1. The number of ether oxygens (including phenoxy) is 1. The van der Waals surface area contributed by atoms with Crippen molar-refractivity contribution in [1.29, 1.82) is 0 Å². The fourth-order valence-corrected chi connectivity index (χ4v) is 4.01. The smallest absolute Gasteiger partial charge is 0.284 e. The second kappa shape index (κ2) is 9.88. The molecule has 1 fully saturated rings. The van der Waals surface area contributed by atoms with Crippen LogP contribution in [0.15, 0.2) is 52.3 Å². The van der Waals surface area contributed by atoms with Crippen LogP contribution in [0.5, 0.6) is 0 Å². The molecule has 1 heterocycles. The summed E-state index contributed by atoms with van der Waals surface area (Å²) < 4.78 is 5.29. The van der Waals surface area contributed by atoms with E-state index in [1.54, 1.807) is 30.3 Å². The van der Waals surface area contributed by atoms with Crippen LogP contribution < -0.4 is 5.32 Å². The highest BCUT2D eigenvalue weighted by Crippen LogP contribution is 2.36. The minimum absolute atomic E-state index is 0.106. The third-order valence-corrected chi connectivity index (χ3v) is 5.55. The van der Waals surface area contributed by atoms with Crippen molar-refractivity contribution < 1.29 is 14.5 Å². The van der Waals surface area contributed by atoms with Gasteiger partial charge in [-0.2, -0.15) is 0 Å². The van der Waals surface area contributed by atoms with E-state index >= 15 is 0 Å². The fraction of sp³-hybridized carbons (Fsp3) is 0.316. The maximum absolute atomic E-state index is 12.4. The van der Waals surface area contributed by atoms with Crippen molar-refractivity contribution in [3.63, 3.8) is 0 Å². The van der Waals surface area contributed by atoms with Gasteiger partial charge in [-0.15, -0.1) is 0 Å². The van der Waals surface area contributed by atoms with Crippen LogP contribution in [0.1, 0.15) is 10.4 Å². The molecule has 1 amide bonds. The third kappa shape index (κ3) is 5.68. The van der Waals surface area contributed by atoms with Crippen molar-refractivity contribution in [1.82, 2.24) is 10.2 Å². The topological polar surface area (TPSA) is 84.7 Å². The predicted octanol–water partition coefficient (Wildman–Crippen LogP) is 3.46. The van der Waals surface area contributed by atoms with Gasteiger partial charge in [0.2, 0.25) is 0 Å². The second-order valence-electron chi connectivity index (χ2n) is 6.21. The minimum atomic E-state index is -0.475. The van der Waals surface area contributed by atoms with Gasteiger partial charge in [-0.25, -0.2) is 0 Å². The number of benzene rings is 2. The zero-order chi connectivity index (χ0) is 19.9. The molecular formula is C19H20ClN3O4S. The minimum Gasteiger partial charge on any atom is -0.379 e. The molecule has 9 heteroatoms. The lowest BCUT2D eigenvalue weighted by Gasteiger charge is -2.26. The summed E-state index contributed by atoms with van der Waals surface area (Å²) in [5.74, 6) is -0.323. The van der Waals surface area contributed by atoms with Gasteiger partial charge in [-0.3, -0.25) is 19.8 Å². The Morgan fingerprint density at radius 3 is 2.75 bits per heavy atom. The summed E-state index contributed by atoms with van der Waals surface area (Å²) in [4.78, 5) is 26.8. The van der Waals surface area contributed by atoms with Crippen molar-refractivity contribution in [3.8, 4) is 0 Å². The lowest BCUT2D eigenvalue weighted by Crippen LogP contribution is -2.41. The number of hydrogen-bond acceptors (Lipinski definition) is 6. The summed E-state index contributed by atoms with van der Waals surface area (Å²) in [5.41, 5.74) is 0.162. The molecule has 2 aromatic carbocycles. The van der Waals surface area contributed by atoms with Gasteiger partial charge < -0.3 is 10.1 Å². The molecule has 0 atom stereocenters. The molecule has 2 aromatic rings. The van der Waals surface area contributed by atoms with Crippen LogP contribution >= 0.6 is 23.4 Å². The van der Waals surface area contributed by atoms with Crippen LogP contribution in [0.25, 0.3) is 0 Å². The van der Waals surface area contributed by atoms with Crippen LogP contribution in [0.2, 0.25) is 5.02 Å². The number of nitrogens with one attached hydrogen (secondary N) is 1. The quantitative estimate of drug-likeness (QED) is 0.544. The molecule has 1 saturated heterocycles. The Labute approximate surface area is 172 Å². The standard InChI is InChI=1S/C19H20ClN3O4S/c20-15-2-1-3-16(13-15)28-18-5-4-14(12-17(18)23(25)26)19(24)21-6-7-22-8-10-27-11-9-22/h1-5,12-13H,6-11H2,(H,21,24). The first-order chi connectivity index (χ1) is 13.5. The van der Waals surface area contributed by atoms with Crippen molar-refractivity contribution in [2.24, 2.45) is 0 Å². The zero-order valence-corrected chi connectivity index (χ0v) is 16.7. The Morgan fingerprint density at radius 1 is 1.25 bits per heavy atom. The summed E-state index contributed by atoms with van der Waals surface area (Å²) in [6.07, 6.45) is 0. The van der Waals surface area contributed by atoms with Crippen molar-refractivity contribution >= 4 is 35.0 Å². The van der Waals surface area contributed by atoms with Gasteiger partial charge in [0.05, 0.1) is 23.0 Å². The molecular weight excluding hydrogens is 402 g/mol.